The average Bonchev–Trinajstić information content (AvgIpc) is 2.83. The number of rotatable bonds is 8. The van der Waals surface area contributed by atoms with E-state index in [0.29, 0.717) is 16.7 Å². The monoisotopic (exact) mass is 594 g/mol. The smallest absolute Gasteiger partial charge is 0.341 e. The third-order valence-electron chi connectivity index (χ3n) is 6.96. The maximum absolute atomic E-state index is 13.4. The molecule has 0 aromatic heterocycles. The zero-order valence-electron chi connectivity index (χ0n) is 21.1. The van der Waals surface area contributed by atoms with Crippen LogP contribution in [0, 0.1) is 5.92 Å². The molecule has 13 heteroatoms. The van der Waals surface area contributed by atoms with Crippen molar-refractivity contribution in [3.63, 3.8) is 0 Å². The quantitative estimate of drug-likeness (QED) is 0.491. The summed E-state index contributed by atoms with van der Waals surface area (Å²) in [7, 11) is -7.87. The summed E-state index contributed by atoms with van der Waals surface area (Å²) in [6.07, 6.45) is -3.06. The maximum atomic E-state index is 13.4. The lowest BCUT2D eigenvalue weighted by molar-refractivity contribution is -0.137. The molecule has 1 atom stereocenters. The van der Waals surface area contributed by atoms with Crippen LogP contribution in [0.3, 0.4) is 0 Å². The van der Waals surface area contributed by atoms with E-state index in [1.54, 1.807) is 24.3 Å². The number of sulfone groups is 1. The first-order chi connectivity index (χ1) is 17.4. The minimum absolute atomic E-state index is 0.0957. The zero-order chi connectivity index (χ0) is 28.5. The van der Waals surface area contributed by atoms with Gasteiger partial charge in [0.05, 0.1) is 21.5 Å². The summed E-state index contributed by atoms with van der Waals surface area (Å²) >= 11 is 5.91. The average molecular weight is 595 g/mol. The van der Waals surface area contributed by atoms with Gasteiger partial charge in [-0.15, -0.1) is 0 Å². The number of sulfonamides is 1. The van der Waals surface area contributed by atoms with Crippen LogP contribution in [0.15, 0.2) is 53.4 Å². The molecule has 1 heterocycles. The van der Waals surface area contributed by atoms with Crippen LogP contribution in [-0.2, 0) is 37.3 Å². The topological polar surface area (TPSA) is 101 Å². The zero-order valence-corrected chi connectivity index (χ0v) is 23.5. The number of nitrogens with zero attached hydrogens (tertiary/aromatic N) is 1. The van der Waals surface area contributed by atoms with Crippen LogP contribution >= 0.6 is 11.6 Å². The SMILES string of the molecule is CC(C)(C1CCN(C(=O)[C@H](Cc2ccc(Cl)cc2)NS(C)(=O)=O)CC1)S(=O)(=O)c1cccc(C(F)(F)F)c1. The molecule has 0 bridgehead atoms. The van der Waals surface area contributed by atoms with E-state index in [4.69, 9.17) is 11.6 Å². The highest BCUT2D eigenvalue weighted by molar-refractivity contribution is 7.92. The molecule has 1 aliphatic rings. The standard InChI is InChI=1S/C25H30ClF3N2O5S2/c1-24(2,38(35,36)21-6-4-5-19(16-21)25(27,28)29)18-11-13-31(14-12-18)23(32)22(30-37(3,33)34)15-17-7-9-20(26)10-8-17/h4-10,16,18,22,30H,11-15H2,1-3H3/t22-/m0/s1. The van der Waals surface area contributed by atoms with E-state index in [2.05, 4.69) is 4.72 Å². The van der Waals surface area contributed by atoms with Gasteiger partial charge in [0.2, 0.25) is 15.9 Å². The molecule has 7 nitrogen and oxygen atoms in total. The molecule has 3 rings (SSSR count). The number of nitrogens with one attached hydrogen (secondary N) is 1. The molecule has 0 unspecified atom stereocenters. The van der Waals surface area contributed by atoms with Crippen molar-refractivity contribution in [3.05, 3.63) is 64.7 Å². The van der Waals surface area contributed by atoms with Gasteiger partial charge in [0.15, 0.2) is 9.84 Å². The van der Waals surface area contributed by atoms with Crippen molar-refractivity contribution < 1.29 is 34.8 Å². The Balaban J connectivity index is 1.75. The number of benzene rings is 2. The van der Waals surface area contributed by atoms with Crippen molar-refractivity contribution >= 4 is 37.4 Å². The first-order valence-electron chi connectivity index (χ1n) is 11.8. The molecule has 1 saturated heterocycles. The van der Waals surface area contributed by atoms with Gasteiger partial charge >= 0.3 is 6.18 Å². The molecule has 0 radical (unpaired) electrons. The Bertz CT molecular complexity index is 1370. The second-order valence-electron chi connectivity index (χ2n) is 10.0. The Kier molecular flexibility index (Phi) is 8.92. The normalized spacial score (nSPS) is 16.9. The fourth-order valence-corrected chi connectivity index (χ4v) is 7.32. The molecular formula is C25H30ClF3N2O5S2. The second kappa shape index (κ2) is 11.1. The van der Waals surface area contributed by atoms with E-state index in [9.17, 15) is 34.8 Å². The molecule has 0 spiro atoms. The van der Waals surface area contributed by atoms with Gasteiger partial charge in [-0.3, -0.25) is 4.79 Å². The van der Waals surface area contributed by atoms with E-state index in [1.807, 2.05) is 0 Å². The van der Waals surface area contributed by atoms with Gasteiger partial charge < -0.3 is 4.90 Å². The lowest BCUT2D eigenvalue weighted by Gasteiger charge is -2.41. The number of carbonyl (C=O) groups excluding carboxylic acids is 1. The van der Waals surface area contributed by atoms with Gasteiger partial charge in [-0.1, -0.05) is 29.8 Å². The van der Waals surface area contributed by atoms with Crippen molar-refractivity contribution in [3.8, 4) is 0 Å². The van der Waals surface area contributed by atoms with E-state index in [1.165, 1.54) is 18.7 Å². The highest BCUT2D eigenvalue weighted by atomic mass is 35.5. The minimum atomic E-state index is -4.68. The lowest BCUT2D eigenvalue weighted by Crippen LogP contribution is -2.53. The number of alkyl halides is 3. The summed E-state index contributed by atoms with van der Waals surface area (Å²) in [5.74, 6) is -0.883. The van der Waals surface area contributed by atoms with Crippen molar-refractivity contribution in [1.29, 1.82) is 0 Å². The third-order valence-corrected chi connectivity index (χ3v) is 10.5. The first-order valence-corrected chi connectivity index (χ1v) is 15.6. The van der Waals surface area contributed by atoms with Crippen LogP contribution in [0.5, 0.6) is 0 Å². The largest absolute Gasteiger partial charge is 0.416 e. The Labute approximate surface area is 226 Å². The van der Waals surface area contributed by atoms with Crippen molar-refractivity contribution in [2.24, 2.45) is 5.92 Å². The van der Waals surface area contributed by atoms with Gasteiger partial charge in [0, 0.05) is 18.1 Å². The number of piperidine rings is 1. The third kappa shape index (κ3) is 7.08. The summed E-state index contributed by atoms with van der Waals surface area (Å²) in [4.78, 5) is 14.4. The first kappa shape index (κ1) is 30.4. The van der Waals surface area contributed by atoms with Crippen molar-refractivity contribution in [2.75, 3.05) is 19.3 Å². The van der Waals surface area contributed by atoms with E-state index < -0.39 is 59.1 Å². The highest BCUT2D eigenvalue weighted by Crippen LogP contribution is 2.39. The van der Waals surface area contributed by atoms with Crippen LogP contribution in [-0.4, -0.2) is 57.8 Å². The van der Waals surface area contributed by atoms with Crippen LogP contribution in [0.2, 0.25) is 5.02 Å². The van der Waals surface area contributed by atoms with Crippen molar-refractivity contribution in [2.45, 2.75) is 55.0 Å². The molecule has 1 fully saturated rings. The van der Waals surface area contributed by atoms with Gasteiger partial charge in [0.1, 0.15) is 6.04 Å². The van der Waals surface area contributed by atoms with Crippen LogP contribution in [0.25, 0.3) is 0 Å². The molecular weight excluding hydrogens is 565 g/mol. The van der Waals surface area contributed by atoms with Gasteiger partial charge in [-0.25, -0.2) is 21.6 Å². The van der Waals surface area contributed by atoms with Gasteiger partial charge in [-0.2, -0.15) is 13.2 Å². The molecule has 38 heavy (non-hydrogen) atoms. The fraction of sp³-hybridized carbons (Fsp3) is 0.480. The summed E-state index contributed by atoms with van der Waals surface area (Å²) in [5, 5.41) is 0.498. The molecule has 0 saturated carbocycles. The predicted molar refractivity (Wildman–Crippen MR) is 139 cm³/mol. The van der Waals surface area contributed by atoms with E-state index in [0.717, 1.165) is 24.5 Å². The number of hydrogen-bond acceptors (Lipinski definition) is 5. The molecule has 1 amide bonds. The molecule has 2 aromatic carbocycles. The van der Waals surface area contributed by atoms with E-state index in [-0.39, 0.29) is 32.4 Å². The number of amides is 1. The van der Waals surface area contributed by atoms with Crippen LogP contribution < -0.4 is 4.72 Å². The summed E-state index contributed by atoms with van der Waals surface area (Å²) in [5.41, 5.74) is -0.341. The maximum Gasteiger partial charge on any atom is 0.416 e. The number of likely N-dealkylation sites (tertiary alicyclic amines) is 1. The lowest BCUT2D eigenvalue weighted by atomic mass is 9.85. The van der Waals surface area contributed by atoms with Gasteiger partial charge in [0.25, 0.3) is 0 Å². The van der Waals surface area contributed by atoms with Crippen LogP contribution in [0.1, 0.15) is 37.8 Å². The number of carbonyl (C=O) groups is 1. The molecule has 210 valence electrons. The molecule has 1 N–H and O–H groups in total. The Morgan fingerprint density at radius 3 is 2.16 bits per heavy atom. The summed E-state index contributed by atoms with van der Waals surface area (Å²) < 4.78 is 91.2. The predicted octanol–water partition coefficient (Wildman–Crippen LogP) is 4.31. The second-order valence-corrected chi connectivity index (χ2v) is 14.8. The highest BCUT2D eigenvalue weighted by Gasteiger charge is 2.45. The Morgan fingerprint density at radius 1 is 1.05 bits per heavy atom. The number of hydrogen-bond donors (Lipinski definition) is 1. The summed E-state index contributed by atoms with van der Waals surface area (Å²) in [6.45, 7) is 3.32. The van der Waals surface area contributed by atoms with E-state index >= 15 is 0 Å². The summed E-state index contributed by atoms with van der Waals surface area (Å²) in [6, 6.07) is 9.29. The van der Waals surface area contributed by atoms with Crippen molar-refractivity contribution in [1.82, 2.24) is 9.62 Å². The van der Waals surface area contributed by atoms with Gasteiger partial charge in [-0.05, 0) is 74.9 Å². The Morgan fingerprint density at radius 2 is 1.63 bits per heavy atom. The fourth-order valence-electron chi connectivity index (χ4n) is 4.67. The molecule has 0 aliphatic carbocycles. The van der Waals surface area contributed by atoms with Crippen LogP contribution in [0.4, 0.5) is 13.2 Å². The minimum Gasteiger partial charge on any atom is -0.341 e. The Hall–Kier alpha value is -2.15. The molecule has 1 aliphatic heterocycles. The number of halogens is 4. The molecule has 2 aromatic rings.